The SMILES string of the molecule is CC1(C)Cc2ccccc2C(=CC(=O)Nc2nccs2)N1.Cl. The number of fused-ring (bicyclic) bond motifs is 1. The topological polar surface area (TPSA) is 54.0 Å². The van der Waals surface area contributed by atoms with E-state index in [4.69, 9.17) is 0 Å². The minimum atomic E-state index is -0.167. The van der Waals surface area contributed by atoms with Crippen LogP contribution in [0.4, 0.5) is 5.13 Å². The van der Waals surface area contributed by atoms with Gasteiger partial charge in [-0.2, -0.15) is 0 Å². The molecule has 0 saturated carbocycles. The lowest BCUT2D eigenvalue weighted by Crippen LogP contribution is -2.44. The van der Waals surface area contributed by atoms with Crippen molar-refractivity contribution < 1.29 is 4.79 Å². The van der Waals surface area contributed by atoms with E-state index < -0.39 is 0 Å². The number of carbonyl (C=O) groups is 1. The first-order chi connectivity index (χ1) is 10.0. The number of thiazole rings is 1. The fraction of sp³-hybridized carbons (Fsp3) is 0.250. The van der Waals surface area contributed by atoms with Crippen LogP contribution in [0, 0.1) is 0 Å². The van der Waals surface area contributed by atoms with Gasteiger partial charge in [-0.25, -0.2) is 4.98 Å². The average molecular weight is 336 g/mol. The highest BCUT2D eigenvalue weighted by atomic mass is 35.5. The van der Waals surface area contributed by atoms with Crippen molar-refractivity contribution >= 4 is 40.5 Å². The molecule has 2 N–H and O–H groups in total. The monoisotopic (exact) mass is 335 g/mol. The van der Waals surface area contributed by atoms with E-state index in [0.717, 1.165) is 17.7 Å². The van der Waals surface area contributed by atoms with Crippen LogP contribution in [-0.4, -0.2) is 16.4 Å². The molecule has 1 aliphatic heterocycles. The van der Waals surface area contributed by atoms with Gasteiger partial charge in [0.2, 0.25) is 0 Å². The number of benzene rings is 1. The Hall–Kier alpha value is -1.85. The Balaban J connectivity index is 0.00000176. The summed E-state index contributed by atoms with van der Waals surface area (Å²) in [6.07, 6.45) is 4.22. The van der Waals surface area contributed by atoms with Crippen LogP contribution in [0.25, 0.3) is 5.70 Å². The number of halogens is 1. The second-order valence-electron chi connectivity index (χ2n) is 5.73. The summed E-state index contributed by atoms with van der Waals surface area (Å²) in [5.41, 5.74) is 3.14. The van der Waals surface area contributed by atoms with Crippen molar-refractivity contribution in [2.75, 3.05) is 5.32 Å². The Kier molecular flexibility index (Phi) is 4.88. The molecule has 2 heterocycles. The van der Waals surface area contributed by atoms with E-state index in [-0.39, 0.29) is 23.9 Å². The van der Waals surface area contributed by atoms with Crippen LogP contribution < -0.4 is 10.6 Å². The van der Waals surface area contributed by atoms with Gasteiger partial charge in [0.15, 0.2) is 5.13 Å². The highest BCUT2D eigenvalue weighted by molar-refractivity contribution is 7.13. The zero-order chi connectivity index (χ0) is 14.9. The molecule has 0 bridgehead atoms. The molecule has 0 atom stereocenters. The number of nitrogens with one attached hydrogen (secondary N) is 2. The van der Waals surface area contributed by atoms with Crippen molar-refractivity contribution in [3.05, 3.63) is 53.0 Å². The van der Waals surface area contributed by atoms with Gasteiger partial charge in [0.25, 0.3) is 5.91 Å². The van der Waals surface area contributed by atoms with E-state index in [1.807, 2.05) is 23.6 Å². The lowest BCUT2D eigenvalue weighted by atomic mass is 9.86. The van der Waals surface area contributed by atoms with Gasteiger partial charge in [0.1, 0.15) is 0 Å². The number of anilines is 1. The first-order valence-electron chi connectivity index (χ1n) is 6.82. The highest BCUT2D eigenvalue weighted by Crippen LogP contribution is 2.29. The fourth-order valence-corrected chi connectivity index (χ4v) is 3.09. The van der Waals surface area contributed by atoms with E-state index in [0.29, 0.717) is 5.13 Å². The van der Waals surface area contributed by atoms with Gasteiger partial charge in [-0.05, 0) is 25.8 Å². The zero-order valence-electron chi connectivity index (χ0n) is 12.4. The number of rotatable bonds is 2. The Morgan fingerprint density at radius 3 is 2.91 bits per heavy atom. The molecule has 4 nitrogen and oxygen atoms in total. The molecule has 1 aliphatic rings. The molecule has 3 rings (SSSR count). The van der Waals surface area contributed by atoms with Gasteiger partial charge in [-0.15, -0.1) is 23.7 Å². The summed E-state index contributed by atoms with van der Waals surface area (Å²) < 4.78 is 0. The molecule has 0 saturated heterocycles. The molecule has 116 valence electrons. The van der Waals surface area contributed by atoms with Gasteiger partial charge < -0.3 is 5.32 Å². The third kappa shape index (κ3) is 3.67. The van der Waals surface area contributed by atoms with Crippen LogP contribution in [-0.2, 0) is 11.2 Å². The smallest absolute Gasteiger partial charge is 0.252 e. The second-order valence-corrected chi connectivity index (χ2v) is 6.62. The molecule has 6 heteroatoms. The Labute approximate surface area is 140 Å². The van der Waals surface area contributed by atoms with Crippen molar-refractivity contribution in [1.29, 1.82) is 0 Å². The molecule has 1 aromatic carbocycles. The largest absolute Gasteiger partial charge is 0.379 e. The van der Waals surface area contributed by atoms with Gasteiger partial charge in [0, 0.05) is 34.5 Å². The molecule has 1 amide bonds. The molecular formula is C16H18ClN3OS. The van der Waals surface area contributed by atoms with E-state index in [9.17, 15) is 4.79 Å². The summed E-state index contributed by atoms with van der Waals surface area (Å²) in [5, 5.41) is 8.67. The Morgan fingerprint density at radius 2 is 2.18 bits per heavy atom. The van der Waals surface area contributed by atoms with Crippen molar-refractivity contribution in [3.8, 4) is 0 Å². The lowest BCUT2D eigenvalue weighted by Gasteiger charge is -2.35. The summed E-state index contributed by atoms with van der Waals surface area (Å²) in [5.74, 6) is -0.167. The molecule has 0 fully saturated rings. The van der Waals surface area contributed by atoms with Crippen molar-refractivity contribution in [2.24, 2.45) is 0 Å². The van der Waals surface area contributed by atoms with Crippen molar-refractivity contribution in [3.63, 3.8) is 0 Å². The Bertz CT molecular complexity index is 695. The minimum Gasteiger partial charge on any atom is -0.379 e. The summed E-state index contributed by atoms with van der Waals surface area (Å²) in [6.45, 7) is 4.27. The maximum atomic E-state index is 12.1. The van der Waals surface area contributed by atoms with Gasteiger partial charge >= 0.3 is 0 Å². The fourth-order valence-electron chi connectivity index (χ4n) is 2.56. The van der Waals surface area contributed by atoms with Gasteiger partial charge in [0.05, 0.1) is 0 Å². The molecule has 1 aromatic heterocycles. The maximum absolute atomic E-state index is 12.1. The predicted octanol–water partition coefficient (Wildman–Crippen LogP) is 3.47. The molecule has 2 aromatic rings. The third-order valence-electron chi connectivity index (χ3n) is 3.35. The number of hydrogen-bond acceptors (Lipinski definition) is 4. The van der Waals surface area contributed by atoms with Crippen LogP contribution in [0.2, 0.25) is 0 Å². The average Bonchev–Trinajstić information content (AvgIpc) is 2.90. The summed E-state index contributed by atoms with van der Waals surface area (Å²) >= 11 is 1.41. The predicted molar refractivity (Wildman–Crippen MR) is 93.3 cm³/mol. The van der Waals surface area contributed by atoms with Crippen LogP contribution in [0.1, 0.15) is 25.0 Å². The van der Waals surface area contributed by atoms with E-state index in [1.54, 1.807) is 12.3 Å². The van der Waals surface area contributed by atoms with E-state index >= 15 is 0 Å². The number of aromatic nitrogens is 1. The second kappa shape index (κ2) is 6.50. The summed E-state index contributed by atoms with van der Waals surface area (Å²) in [4.78, 5) is 16.2. The molecular weight excluding hydrogens is 318 g/mol. The van der Waals surface area contributed by atoms with Crippen molar-refractivity contribution in [2.45, 2.75) is 25.8 Å². The quantitative estimate of drug-likeness (QED) is 0.826. The Morgan fingerprint density at radius 1 is 1.41 bits per heavy atom. The lowest BCUT2D eigenvalue weighted by molar-refractivity contribution is -0.111. The standard InChI is InChI=1S/C16H17N3OS.ClH/c1-16(2)10-11-5-3-4-6-12(11)13(19-16)9-14(20)18-15-17-7-8-21-15;/h3-9,19H,10H2,1-2H3,(H,17,18,20);1H. The van der Waals surface area contributed by atoms with Crippen LogP contribution in [0.3, 0.4) is 0 Å². The highest BCUT2D eigenvalue weighted by Gasteiger charge is 2.27. The molecule has 22 heavy (non-hydrogen) atoms. The van der Waals surface area contributed by atoms with Crippen LogP contribution in [0.15, 0.2) is 41.9 Å². The normalized spacial score (nSPS) is 17.1. The molecule has 0 radical (unpaired) electrons. The van der Waals surface area contributed by atoms with Gasteiger partial charge in [-0.3, -0.25) is 10.1 Å². The van der Waals surface area contributed by atoms with Gasteiger partial charge in [-0.1, -0.05) is 24.3 Å². The number of hydrogen-bond donors (Lipinski definition) is 2. The number of nitrogens with zero attached hydrogens (tertiary/aromatic N) is 1. The van der Waals surface area contributed by atoms with E-state index in [1.165, 1.54) is 16.9 Å². The van der Waals surface area contributed by atoms with Crippen LogP contribution in [0.5, 0.6) is 0 Å². The molecule has 0 unspecified atom stereocenters. The van der Waals surface area contributed by atoms with Crippen LogP contribution >= 0.6 is 23.7 Å². The summed E-state index contributed by atoms with van der Waals surface area (Å²) in [7, 11) is 0. The first-order valence-corrected chi connectivity index (χ1v) is 7.70. The number of amides is 1. The third-order valence-corrected chi connectivity index (χ3v) is 4.04. The maximum Gasteiger partial charge on any atom is 0.252 e. The first kappa shape index (κ1) is 16.5. The molecule has 0 aliphatic carbocycles. The molecule has 0 spiro atoms. The summed E-state index contributed by atoms with van der Waals surface area (Å²) in [6, 6.07) is 8.18. The number of carbonyl (C=O) groups excluding carboxylic acids is 1. The zero-order valence-corrected chi connectivity index (χ0v) is 14.1. The minimum absolute atomic E-state index is 0. The van der Waals surface area contributed by atoms with E-state index in [2.05, 4.69) is 35.5 Å². The van der Waals surface area contributed by atoms with Crippen molar-refractivity contribution in [1.82, 2.24) is 10.3 Å².